The van der Waals surface area contributed by atoms with Gasteiger partial charge >= 0.3 is 0 Å². The van der Waals surface area contributed by atoms with E-state index < -0.39 is 0 Å². The number of nitrogens with zero attached hydrogens (tertiary/aromatic N) is 1. The third kappa shape index (κ3) is 1.51. The number of hydrogen-bond acceptors (Lipinski definition) is 3. The van der Waals surface area contributed by atoms with Gasteiger partial charge < -0.3 is 10.6 Å². The van der Waals surface area contributed by atoms with Crippen molar-refractivity contribution in [3.63, 3.8) is 0 Å². The van der Waals surface area contributed by atoms with Gasteiger partial charge in [0.15, 0.2) is 0 Å². The maximum absolute atomic E-state index is 5.83. The summed E-state index contributed by atoms with van der Waals surface area (Å²) in [6, 6.07) is 2.45. The number of thiophene rings is 1. The van der Waals surface area contributed by atoms with Crippen LogP contribution in [-0.2, 0) is 0 Å². The maximum Gasteiger partial charge on any atom is 0.105 e. The van der Waals surface area contributed by atoms with Crippen LogP contribution in [0.5, 0.6) is 0 Å². The molecule has 1 atom stereocenters. The van der Waals surface area contributed by atoms with Crippen LogP contribution in [0.25, 0.3) is 0 Å². The largest absolute Gasteiger partial charge is 0.361 e. The zero-order valence-corrected chi connectivity index (χ0v) is 9.07. The van der Waals surface area contributed by atoms with Gasteiger partial charge in [-0.05, 0) is 33.8 Å². The molecule has 1 aromatic heterocycles. The standard InChI is InChI=1S/C8H11BrN2S/c9-7-2-4-12-8(7)11-3-1-6(10)5-11/h2,4,6H,1,3,5,10H2. The molecular weight excluding hydrogens is 236 g/mol. The Morgan fingerprint density at radius 3 is 3.00 bits per heavy atom. The van der Waals surface area contributed by atoms with E-state index in [1.54, 1.807) is 11.3 Å². The van der Waals surface area contributed by atoms with Crippen molar-refractivity contribution in [2.24, 2.45) is 5.73 Å². The van der Waals surface area contributed by atoms with E-state index in [1.165, 1.54) is 9.47 Å². The second-order valence-electron chi connectivity index (χ2n) is 3.07. The van der Waals surface area contributed by atoms with Gasteiger partial charge in [-0.1, -0.05) is 0 Å². The van der Waals surface area contributed by atoms with Crippen LogP contribution in [0, 0.1) is 0 Å². The first-order valence-electron chi connectivity index (χ1n) is 4.01. The molecule has 2 rings (SSSR count). The lowest BCUT2D eigenvalue weighted by Crippen LogP contribution is -2.25. The van der Waals surface area contributed by atoms with E-state index in [1.807, 2.05) is 0 Å². The number of halogens is 1. The Morgan fingerprint density at radius 1 is 1.67 bits per heavy atom. The molecule has 1 aliphatic rings. The van der Waals surface area contributed by atoms with Crippen molar-refractivity contribution in [2.45, 2.75) is 12.5 Å². The minimum absolute atomic E-state index is 0.360. The zero-order chi connectivity index (χ0) is 8.55. The van der Waals surface area contributed by atoms with Crippen LogP contribution in [-0.4, -0.2) is 19.1 Å². The summed E-state index contributed by atoms with van der Waals surface area (Å²) >= 11 is 5.30. The van der Waals surface area contributed by atoms with E-state index in [0.717, 1.165) is 19.5 Å². The highest BCUT2D eigenvalue weighted by Crippen LogP contribution is 2.33. The highest BCUT2D eigenvalue weighted by atomic mass is 79.9. The van der Waals surface area contributed by atoms with E-state index in [2.05, 4.69) is 32.3 Å². The van der Waals surface area contributed by atoms with Gasteiger partial charge in [0.05, 0.1) is 4.47 Å². The Labute approximate surface area is 84.5 Å². The Kier molecular flexibility index (Phi) is 2.39. The number of hydrogen-bond donors (Lipinski definition) is 1. The van der Waals surface area contributed by atoms with Gasteiger partial charge in [-0.25, -0.2) is 0 Å². The molecule has 1 saturated heterocycles. The van der Waals surface area contributed by atoms with Crippen LogP contribution >= 0.6 is 27.3 Å². The molecule has 1 fully saturated rings. The summed E-state index contributed by atoms with van der Waals surface area (Å²) in [5.41, 5.74) is 5.83. The molecule has 1 unspecified atom stereocenters. The van der Waals surface area contributed by atoms with Crippen molar-refractivity contribution in [3.05, 3.63) is 15.9 Å². The van der Waals surface area contributed by atoms with Crippen LogP contribution in [0.2, 0.25) is 0 Å². The molecule has 1 aliphatic heterocycles. The molecule has 66 valence electrons. The van der Waals surface area contributed by atoms with Crippen molar-refractivity contribution in [2.75, 3.05) is 18.0 Å². The van der Waals surface area contributed by atoms with Crippen LogP contribution in [0.3, 0.4) is 0 Å². The zero-order valence-electron chi connectivity index (χ0n) is 6.66. The summed E-state index contributed by atoms with van der Waals surface area (Å²) in [6.07, 6.45) is 1.12. The average molecular weight is 247 g/mol. The van der Waals surface area contributed by atoms with Gasteiger partial charge in [-0.15, -0.1) is 11.3 Å². The van der Waals surface area contributed by atoms with Crippen LogP contribution in [0.4, 0.5) is 5.00 Å². The van der Waals surface area contributed by atoms with Gasteiger partial charge in [0.25, 0.3) is 0 Å². The molecule has 1 aromatic rings. The lowest BCUT2D eigenvalue weighted by molar-refractivity contribution is 0.752. The molecule has 0 bridgehead atoms. The SMILES string of the molecule is NC1CCN(c2sccc2Br)C1. The molecule has 4 heteroatoms. The number of anilines is 1. The topological polar surface area (TPSA) is 29.3 Å². The Hall–Kier alpha value is -0.0600. The van der Waals surface area contributed by atoms with E-state index in [9.17, 15) is 0 Å². The van der Waals surface area contributed by atoms with Gasteiger partial charge in [0, 0.05) is 19.1 Å². The third-order valence-electron chi connectivity index (χ3n) is 2.11. The van der Waals surface area contributed by atoms with E-state index >= 15 is 0 Å². The Bertz CT molecular complexity index is 274. The van der Waals surface area contributed by atoms with E-state index in [0.29, 0.717) is 6.04 Å². The summed E-state index contributed by atoms with van der Waals surface area (Å²) in [5.74, 6) is 0. The molecule has 2 N–H and O–H groups in total. The van der Waals surface area contributed by atoms with Crippen molar-refractivity contribution >= 4 is 32.3 Å². The highest BCUT2D eigenvalue weighted by Gasteiger charge is 2.21. The molecule has 0 aromatic carbocycles. The monoisotopic (exact) mass is 246 g/mol. The summed E-state index contributed by atoms with van der Waals surface area (Å²) in [5, 5.41) is 3.42. The van der Waals surface area contributed by atoms with E-state index in [4.69, 9.17) is 5.73 Å². The minimum Gasteiger partial charge on any atom is -0.361 e. The predicted octanol–water partition coefficient (Wildman–Crippen LogP) is 2.05. The Balaban J connectivity index is 2.16. The first-order valence-corrected chi connectivity index (χ1v) is 5.68. The van der Waals surface area contributed by atoms with Crippen molar-refractivity contribution in [1.29, 1.82) is 0 Å². The molecular formula is C8H11BrN2S. The quantitative estimate of drug-likeness (QED) is 0.822. The first-order chi connectivity index (χ1) is 5.77. The number of rotatable bonds is 1. The normalized spacial score (nSPS) is 23.5. The summed E-state index contributed by atoms with van der Waals surface area (Å²) < 4.78 is 1.20. The predicted molar refractivity (Wildman–Crippen MR) is 56.8 cm³/mol. The van der Waals surface area contributed by atoms with Gasteiger partial charge in [0.2, 0.25) is 0 Å². The highest BCUT2D eigenvalue weighted by molar-refractivity contribution is 9.10. The van der Waals surface area contributed by atoms with Crippen LogP contribution in [0.1, 0.15) is 6.42 Å². The van der Waals surface area contributed by atoms with Gasteiger partial charge in [-0.3, -0.25) is 0 Å². The smallest absolute Gasteiger partial charge is 0.105 e. The fraction of sp³-hybridized carbons (Fsp3) is 0.500. The van der Waals surface area contributed by atoms with Crippen molar-refractivity contribution in [3.8, 4) is 0 Å². The number of nitrogens with two attached hydrogens (primary N) is 1. The summed E-state index contributed by atoms with van der Waals surface area (Å²) in [4.78, 5) is 2.35. The first kappa shape index (κ1) is 8.53. The summed E-state index contributed by atoms with van der Waals surface area (Å²) in [6.45, 7) is 2.10. The summed E-state index contributed by atoms with van der Waals surface area (Å²) in [7, 11) is 0. The average Bonchev–Trinajstić information content (AvgIpc) is 2.58. The van der Waals surface area contributed by atoms with Crippen LogP contribution in [0.15, 0.2) is 15.9 Å². The molecule has 2 nitrogen and oxygen atoms in total. The molecule has 12 heavy (non-hydrogen) atoms. The second kappa shape index (κ2) is 3.36. The van der Waals surface area contributed by atoms with Gasteiger partial charge in [0.1, 0.15) is 5.00 Å². The molecule has 0 radical (unpaired) electrons. The van der Waals surface area contributed by atoms with Gasteiger partial charge in [-0.2, -0.15) is 0 Å². The minimum atomic E-state index is 0.360. The maximum atomic E-state index is 5.83. The second-order valence-corrected chi connectivity index (χ2v) is 4.82. The fourth-order valence-electron chi connectivity index (χ4n) is 1.48. The molecule has 0 aliphatic carbocycles. The fourth-order valence-corrected chi connectivity index (χ4v) is 3.15. The van der Waals surface area contributed by atoms with Crippen molar-refractivity contribution < 1.29 is 0 Å². The van der Waals surface area contributed by atoms with E-state index in [-0.39, 0.29) is 0 Å². The lowest BCUT2D eigenvalue weighted by Gasteiger charge is -2.15. The molecule has 0 spiro atoms. The Morgan fingerprint density at radius 2 is 2.50 bits per heavy atom. The molecule has 0 saturated carbocycles. The van der Waals surface area contributed by atoms with Crippen molar-refractivity contribution in [1.82, 2.24) is 0 Å². The lowest BCUT2D eigenvalue weighted by atomic mass is 10.3. The molecule has 0 amide bonds. The molecule has 2 heterocycles. The third-order valence-corrected chi connectivity index (χ3v) is 3.99. The van der Waals surface area contributed by atoms with Crippen LogP contribution < -0.4 is 10.6 Å².